The fraction of sp³-hybridized carbons (Fsp3) is 0.643. The largest absolute Gasteiger partial charge is 0.339 e. The van der Waals surface area contributed by atoms with E-state index in [2.05, 4.69) is 16.3 Å². The maximum atomic E-state index is 12.3. The lowest BCUT2D eigenvalue weighted by Gasteiger charge is -2.37. The van der Waals surface area contributed by atoms with E-state index < -0.39 is 0 Å². The van der Waals surface area contributed by atoms with Crippen LogP contribution in [-0.4, -0.2) is 23.4 Å². The maximum Gasteiger partial charge on any atom is 0.228 e. The molecule has 3 rings (SSSR count). The first kappa shape index (κ1) is 11.3. The number of rotatable bonds is 3. The third-order valence-electron chi connectivity index (χ3n) is 4.22. The SMILES string of the molecule is O=C(Cc1cccs1)N1CCCC1C1CCC1. The molecule has 2 heterocycles. The normalized spacial score (nSPS) is 24.9. The van der Waals surface area contributed by atoms with Gasteiger partial charge in [0.1, 0.15) is 0 Å². The van der Waals surface area contributed by atoms with Crippen LogP contribution in [0.3, 0.4) is 0 Å². The molecule has 1 aromatic rings. The Morgan fingerprint density at radius 1 is 1.35 bits per heavy atom. The molecule has 1 aliphatic carbocycles. The molecule has 0 bridgehead atoms. The molecular formula is C14H19NOS. The predicted octanol–water partition coefficient (Wildman–Crippen LogP) is 3.08. The predicted molar refractivity (Wildman–Crippen MR) is 70.1 cm³/mol. The fourth-order valence-corrected chi connectivity index (χ4v) is 3.78. The summed E-state index contributed by atoms with van der Waals surface area (Å²) in [5, 5.41) is 2.05. The molecule has 0 N–H and O–H groups in total. The van der Waals surface area contributed by atoms with Gasteiger partial charge in [-0.15, -0.1) is 11.3 Å². The van der Waals surface area contributed by atoms with Crippen molar-refractivity contribution in [3.63, 3.8) is 0 Å². The van der Waals surface area contributed by atoms with E-state index in [1.165, 1.54) is 37.0 Å². The van der Waals surface area contributed by atoms with Crippen LogP contribution < -0.4 is 0 Å². The molecule has 1 aliphatic heterocycles. The smallest absolute Gasteiger partial charge is 0.228 e. The van der Waals surface area contributed by atoms with Crippen LogP contribution in [0.4, 0.5) is 0 Å². The van der Waals surface area contributed by atoms with E-state index in [-0.39, 0.29) is 0 Å². The van der Waals surface area contributed by atoms with Crippen molar-refractivity contribution in [1.82, 2.24) is 4.90 Å². The highest BCUT2D eigenvalue weighted by Gasteiger charge is 2.36. The zero-order valence-corrected chi connectivity index (χ0v) is 10.9. The summed E-state index contributed by atoms with van der Waals surface area (Å²) in [6.07, 6.45) is 7.11. The molecule has 3 heteroatoms. The quantitative estimate of drug-likeness (QED) is 0.806. The Kier molecular flexibility index (Phi) is 3.19. The Morgan fingerprint density at radius 2 is 2.24 bits per heavy atom. The van der Waals surface area contributed by atoms with Crippen LogP contribution in [0.1, 0.15) is 37.0 Å². The van der Waals surface area contributed by atoms with E-state index in [1.807, 2.05) is 6.07 Å². The summed E-state index contributed by atoms with van der Waals surface area (Å²) in [7, 11) is 0. The minimum atomic E-state index is 0.349. The van der Waals surface area contributed by atoms with E-state index in [9.17, 15) is 4.79 Å². The molecular weight excluding hydrogens is 230 g/mol. The Hall–Kier alpha value is -0.830. The highest BCUT2D eigenvalue weighted by molar-refractivity contribution is 7.10. The van der Waals surface area contributed by atoms with Crippen LogP contribution >= 0.6 is 11.3 Å². The van der Waals surface area contributed by atoms with Crippen molar-refractivity contribution in [3.8, 4) is 0 Å². The summed E-state index contributed by atoms with van der Waals surface area (Å²) in [4.78, 5) is 15.7. The van der Waals surface area contributed by atoms with E-state index >= 15 is 0 Å². The van der Waals surface area contributed by atoms with Gasteiger partial charge in [0.25, 0.3) is 0 Å². The van der Waals surface area contributed by atoms with Crippen LogP contribution in [-0.2, 0) is 11.2 Å². The second kappa shape index (κ2) is 4.81. The topological polar surface area (TPSA) is 20.3 Å². The van der Waals surface area contributed by atoms with Gasteiger partial charge in [-0.2, -0.15) is 0 Å². The third-order valence-corrected chi connectivity index (χ3v) is 5.10. The van der Waals surface area contributed by atoms with Gasteiger partial charge in [0, 0.05) is 17.5 Å². The summed E-state index contributed by atoms with van der Waals surface area (Å²) >= 11 is 1.69. The number of hydrogen-bond acceptors (Lipinski definition) is 2. The molecule has 1 saturated carbocycles. The van der Waals surface area contributed by atoms with Crippen molar-refractivity contribution < 1.29 is 4.79 Å². The summed E-state index contributed by atoms with van der Waals surface area (Å²) in [5.41, 5.74) is 0. The van der Waals surface area contributed by atoms with Crippen LogP contribution in [0.15, 0.2) is 17.5 Å². The van der Waals surface area contributed by atoms with Gasteiger partial charge in [-0.3, -0.25) is 4.79 Å². The molecule has 1 saturated heterocycles. The summed E-state index contributed by atoms with van der Waals surface area (Å²) in [6, 6.07) is 4.66. The molecule has 1 atom stereocenters. The molecule has 92 valence electrons. The van der Waals surface area contributed by atoms with Gasteiger partial charge < -0.3 is 4.90 Å². The maximum absolute atomic E-state index is 12.3. The van der Waals surface area contributed by atoms with E-state index in [0.29, 0.717) is 18.4 Å². The van der Waals surface area contributed by atoms with Gasteiger partial charge in [0.15, 0.2) is 0 Å². The Labute approximate surface area is 107 Å². The number of carbonyl (C=O) groups is 1. The molecule has 17 heavy (non-hydrogen) atoms. The lowest BCUT2D eigenvalue weighted by Crippen LogP contribution is -2.42. The third kappa shape index (κ3) is 2.25. The van der Waals surface area contributed by atoms with Gasteiger partial charge >= 0.3 is 0 Å². The molecule has 1 amide bonds. The van der Waals surface area contributed by atoms with Crippen molar-refractivity contribution in [2.45, 2.75) is 44.6 Å². The zero-order valence-electron chi connectivity index (χ0n) is 10.1. The summed E-state index contributed by atoms with van der Waals surface area (Å²) in [6.45, 7) is 0.991. The summed E-state index contributed by atoms with van der Waals surface area (Å²) < 4.78 is 0. The van der Waals surface area contributed by atoms with Crippen molar-refractivity contribution in [1.29, 1.82) is 0 Å². The second-order valence-electron chi connectivity index (χ2n) is 5.24. The second-order valence-corrected chi connectivity index (χ2v) is 6.28. The van der Waals surface area contributed by atoms with Crippen molar-refractivity contribution in [2.75, 3.05) is 6.54 Å². The Morgan fingerprint density at radius 3 is 2.88 bits per heavy atom. The van der Waals surface area contributed by atoms with Crippen LogP contribution in [0.2, 0.25) is 0 Å². The lowest BCUT2D eigenvalue weighted by molar-refractivity contribution is -0.132. The van der Waals surface area contributed by atoms with E-state index in [0.717, 1.165) is 12.5 Å². The molecule has 2 fully saturated rings. The van der Waals surface area contributed by atoms with Crippen LogP contribution in [0.25, 0.3) is 0 Å². The standard InChI is InChI=1S/C14H19NOS/c16-14(10-12-6-3-9-17-12)15-8-2-7-13(15)11-4-1-5-11/h3,6,9,11,13H,1-2,4-5,7-8,10H2. The van der Waals surface area contributed by atoms with Crippen molar-refractivity contribution in [2.24, 2.45) is 5.92 Å². The van der Waals surface area contributed by atoms with Crippen molar-refractivity contribution in [3.05, 3.63) is 22.4 Å². The monoisotopic (exact) mass is 249 g/mol. The van der Waals surface area contributed by atoms with Crippen LogP contribution in [0, 0.1) is 5.92 Å². The number of amides is 1. The Balaban J connectivity index is 1.64. The number of hydrogen-bond donors (Lipinski definition) is 0. The van der Waals surface area contributed by atoms with Gasteiger partial charge in [0.2, 0.25) is 5.91 Å². The van der Waals surface area contributed by atoms with Gasteiger partial charge in [-0.1, -0.05) is 12.5 Å². The minimum Gasteiger partial charge on any atom is -0.339 e. The molecule has 1 aromatic heterocycles. The zero-order chi connectivity index (χ0) is 11.7. The average Bonchev–Trinajstić information content (AvgIpc) is 2.85. The van der Waals surface area contributed by atoms with Gasteiger partial charge in [0.05, 0.1) is 6.42 Å². The highest BCUT2D eigenvalue weighted by atomic mass is 32.1. The summed E-state index contributed by atoms with van der Waals surface area (Å²) in [5.74, 6) is 1.16. The van der Waals surface area contributed by atoms with Gasteiger partial charge in [-0.05, 0) is 43.0 Å². The number of nitrogens with zero attached hydrogens (tertiary/aromatic N) is 1. The van der Waals surface area contributed by atoms with Crippen molar-refractivity contribution >= 4 is 17.2 Å². The first-order valence-electron chi connectivity index (χ1n) is 6.66. The fourth-order valence-electron chi connectivity index (χ4n) is 3.08. The first-order chi connectivity index (χ1) is 8.34. The van der Waals surface area contributed by atoms with E-state index in [4.69, 9.17) is 0 Å². The van der Waals surface area contributed by atoms with E-state index in [1.54, 1.807) is 11.3 Å². The number of likely N-dealkylation sites (tertiary alicyclic amines) is 1. The molecule has 2 nitrogen and oxygen atoms in total. The molecule has 0 aromatic carbocycles. The first-order valence-corrected chi connectivity index (χ1v) is 7.54. The minimum absolute atomic E-state index is 0.349. The average molecular weight is 249 g/mol. The molecule has 0 spiro atoms. The molecule has 2 aliphatic rings. The lowest BCUT2D eigenvalue weighted by atomic mass is 9.79. The van der Waals surface area contributed by atoms with Gasteiger partial charge in [-0.25, -0.2) is 0 Å². The molecule has 1 unspecified atom stereocenters. The molecule has 0 radical (unpaired) electrons. The van der Waals surface area contributed by atoms with Crippen LogP contribution in [0.5, 0.6) is 0 Å². The number of carbonyl (C=O) groups excluding carboxylic acids is 1. The Bertz CT molecular complexity index is 383. The number of thiophene rings is 1. The highest BCUT2D eigenvalue weighted by Crippen LogP contribution is 2.37.